The Balaban J connectivity index is 1.64. The summed E-state index contributed by atoms with van der Waals surface area (Å²) in [5.41, 5.74) is 0.624. The van der Waals surface area contributed by atoms with Crippen LogP contribution in [0.2, 0.25) is 5.15 Å². The van der Waals surface area contributed by atoms with Gasteiger partial charge in [0.05, 0.1) is 24.1 Å². The lowest BCUT2D eigenvalue weighted by Gasteiger charge is -2.24. The molecule has 0 amide bonds. The van der Waals surface area contributed by atoms with E-state index in [2.05, 4.69) is 14.5 Å². The molecule has 2 aliphatic carbocycles. The van der Waals surface area contributed by atoms with Gasteiger partial charge in [-0.1, -0.05) is 11.6 Å². The van der Waals surface area contributed by atoms with Gasteiger partial charge < -0.3 is 19.1 Å². The smallest absolute Gasteiger partial charge is 0.163 e. The summed E-state index contributed by atoms with van der Waals surface area (Å²) in [6.07, 6.45) is 4.27. The van der Waals surface area contributed by atoms with E-state index in [1.54, 1.807) is 0 Å². The first kappa shape index (κ1) is 14.2. The van der Waals surface area contributed by atoms with E-state index in [1.165, 1.54) is 6.33 Å². The molecule has 1 saturated heterocycles. The number of ether oxygens (including phenoxy) is 2. The van der Waals surface area contributed by atoms with Gasteiger partial charge in [0.1, 0.15) is 23.2 Å². The van der Waals surface area contributed by atoms with Crippen molar-refractivity contribution >= 4 is 22.6 Å². The standard InChI is InChI=1S/C16H18ClN3O3/c1-15(2)22-11-10(9-5-16(9,6-21)12(11)23-15)20-4-3-8-13(17)18-7-19-14(8)20/h3-4,7,9-12,21H,5-6H2,1-2H3/t9-,10-,11+,12+,16+/m1/s1. The molecule has 2 aromatic rings. The maximum atomic E-state index is 9.97. The van der Waals surface area contributed by atoms with Crippen molar-refractivity contribution in [2.24, 2.45) is 11.3 Å². The van der Waals surface area contributed by atoms with Gasteiger partial charge in [-0.05, 0) is 32.3 Å². The zero-order chi connectivity index (χ0) is 16.0. The summed E-state index contributed by atoms with van der Waals surface area (Å²) in [7, 11) is 0. The van der Waals surface area contributed by atoms with Gasteiger partial charge in [0.15, 0.2) is 5.79 Å². The number of nitrogens with zero attached hydrogens (tertiary/aromatic N) is 3. The second-order valence-corrected chi connectivity index (χ2v) is 7.70. The van der Waals surface area contributed by atoms with Gasteiger partial charge in [-0.15, -0.1) is 0 Å². The lowest BCUT2D eigenvalue weighted by molar-refractivity contribution is -0.163. The Labute approximate surface area is 138 Å². The van der Waals surface area contributed by atoms with Gasteiger partial charge in [-0.2, -0.15) is 0 Å². The molecule has 3 aliphatic rings. The van der Waals surface area contributed by atoms with E-state index in [4.69, 9.17) is 21.1 Å². The molecule has 23 heavy (non-hydrogen) atoms. The lowest BCUT2D eigenvalue weighted by Crippen LogP contribution is -2.33. The number of rotatable bonds is 2. The van der Waals surface area contributed by atoms with E-state index < -0.39 is 5.79 Å². The molecule has 122 valence electrons. The second kappa shape index (κ2) is 4.25. The number of halogens is 1. The number of hydrogen-bond donors (Lipinski definition) is 1. The Bertz CT molecular complexity index is 807. The zero-order valence-electron chi connectivity index (χ0n) is 12.9. The van der Waals surface area contributed by atoms with Crippen LogP contribution in [0.3, 0.4) is 0 Å². The first-order chi connectivity index (χ1) is 11.0. The summed E-state index contributed by atoms with van der Waals surface area (Å²) in [5.74, 6) is -0.290. The summed E-state index contributed by atoms with van der Waals surface area (Å²) < 4.78 is 14.4. The van der Waals surface area contributed by atoms with Gasteiger partial charge in [-0.3, -0.25) is 0 Å². The van der Waals surface area contributed by atoms with Crippen molar-refractivity contribution in [3.05, 3.63) is 23.7 Å². The molecule has 2 saturated carbocycles. The van der Waals surface area contributed by atoms with Crippen LogP contribution < -0.4 is 0 Å². The molecular weight excluding hydrogens is 318 g/mol. The summed E-state index contributed by atoms with van der Waals surface area (Å²) in [5, 5.41) is 11.3. The van der Waals surface area contributed by atoms with E-state index >= 15 is 0 Å². The van der Waals surface area contributed by atoms with Gasteiger partial charge >= 0.3 is 0 Å². The third-order valence-electron chi connectivity index (χ3n) is 5.70. The molecule has 1 aliphatic heterocycles. The van der Waals surface area contributed by atoms with Gasteiger partial charge in [-0.25, -0.2) is 9.97 Å². The van der Waals surface area contributed by atoms with Crippen molar-refractivity contribution in [1.82, 2.24) is 14.5 Å². The highest BCUT2D eigenvalue weighted by Gasteiger charge is 2.75. The Morgan fingerprint density at radius 3 is 3.00 bits per heavy atom. The largest absolute Gasteiger partial charge is 0.396 e. The molecule has 5 atom stereocenters. The molecular formula is C16H18ClN3O3. The highest BCUT2D eigenvalue weighted by molar-refractivity contribution is 6.33. The van der Waals surface area contributed by atoms with Crippen molar-refractivity contribution < 1.29 is 14.6 Å². The summed E-state index contributed by atoms with van der Waals surface area (Å²) in [4.78, 5) is 8.45. The lowest BCUT2D eigenvalue weighted by atomic mass is 10.0. The van der Waals surface area contributed by atoms with Crippen LogP contribution in [0.15, 0.2) is 18.6 Å². The van der Waals surface area contributed by atoms with Crippen LogP contribution in [-0.2, 0) is 9.47 Å². The average molecular weight is 336 g/mol. The fraction of sp³-hybridized carbons (Fsp3) is 0.625. The van der Waals surface area contributed by atoms with E-state index in [1.807, 2.05) is 26.1 Å². The molecule has 3 heterocycles. The number of aliphatic hydroxyl groups is 1. The molecule has 0 spiro atoms. The molecule has 1 N–H and O–H groups in total. The topological polar surface area (TPSA) is 69.4 Å². The third-order valence-corrected chi connectivity index (χ3v) is 6.00. The van der Waals surface area contributed by atoms with Crippen LogP contribution in [0.5, 0.6) is 0 Å². The van der Waals surface area contributed by atoms with E-state index in [9.17, 15) is 5.11 Å². The van der Waals surface area contributed by atoms with Crippen LogP contribution in [0, 0.1) is 11.3 Å². The minimum absolute atomic E-state index is 0.0766. The van der Waals surface area contributed by atoms with Crippen molar-refractivity contribution in [2.45, 2.75) is 44.3 Å². The van der Waals surface area contributed by atoms with Crippen molar-refractivity contribution in [3.8, 4) is 0 Å². The molecule has 0 radical (unpaired) electrons. The second-order valence-electron chi connectivity index (χ2n) is 7.34. The average Bonchev–Trinajstić information content (AvgIpc) is 2.78. The predicted octanol–water partition coefficient (Wildman–Crippen LogP) is 2.16. The van der Waals surface area contributed by atoms with Crippen LogP contribution in [-0.4, -0.2) is 44.2 Å². The predicted molar refractivity (Wildman–Crippen MR) is 83.0 cm³/mol. The zero-order valence-corrected chi connectivity index (χ0v) is 13.7. The monoisotopic (exact) mass is 335 g/mol. The van der Waals surface area contributed by atoms with Crippen LogP contribution in [0.4, 0.5) is 0 Å². The number of aromatic nitrogens is 3. The fourth-order valence-corrected chi connectivity index (χ4v) is 4.85. The maximum Gasteiger partial charge on any atom is 0.163 e. The molecule has 6 nitrogen and oxygen atoms in total. The van der Waals surface area contributed by atoms with E-state index in [-0.39, 0.29) is 30.3 Å². The van der Waals surface area contributed by atoms with Crippen molar-refractivity contribution in [3.63, 3.8) is 0 Å². The molecule has 5 rings (SSSR count). The Morgan fingerprint density at radius 2 is 2.22 bits per heavy atom. The first-order valence-electron chi connectivity index (χ1n) is 7.90. The van der Waals surface area contributed by atoms with Crippen LogP contribution >= 0.6 is 11.6 Å². The fourth-order valence-electron chi connectivity index (χ4n) is 4.66. The van der Waals surface area contributed by atoms with Gasteiger partial charge in [0.2, 0.25) is 0 Å². The van der Waals surface area contributed by atoms with Crippen LogP contribution in [0.25, 0.3) is 11.0 Å². The Hall–Kier alpha value is -1.21. The minimum atomic E-state index is -0.626. The molecule has 7 heteroatoms. The molecule has 2 aromatic heterocycles. The SMILES string of the molecule is CC1(C)O[C@H]2[C@H](n3ccc4c(Cl)ncnc43)[C@H]3C[C@@]3(CO)[C@H]2O1. The molecule has 0 unspecified atom stereocenters. The number of hydrogen-bond acceptors (Lipinski definition) is 5. The molecule has 0 bridgehead atoms. The molecule has 3 fully saturated rings. The quantitative estimate of drug-likeness (QED) is 0.852. The Kier molecular flexibility index (Phi) is 2.61. The minimum Gasteiger partial charge on any atom is -0.396 e. The highest BCUT2D eigenvalue weighted by Crippen LogP contribution is 2.71. The number of aliphatic hydroxyl groups excluding tert-OH is 1. The number of fused-ring (bicyclic) bond motifs is 4. The Morgan fingerprint density at radius 1 is 1.39 bits per heavy atom. The first-order valence-corrected chi connectivity index (χ1v) is 8.28. The summed E-state index contributed by atoms with van der Waals surface area (Å²) in [6.45, 7) is 3.99. The molecule has 0 aromatic carbocycles. The summed E-state index contributed by atoms with van der Waals surface area (Å²) in [6, 6.07) is 2.03. The van der Waals surface area contributed by atoms with Crippen molar-refractivity contribution in [1.29, 1.82) is 0 Å². The normalized spacial score (nSPS) is 40.3. The van der Waals surface area contributed by atoms with Gasteiger partial charge in [0.25, 0.3) is 0 Å². The van der Waals surface area contributed by atoms with Gasteiger partial charge in [0, 0.05) is 11.6 Å². The van der Waals surface area contributed by atoms with E-state index in [0.29, 0.717) is 11.1 Å². The van der Waals surface area contributed by atoms with E-state index in [0.717, 1.165) is 17.5 Å². The highest BCUT2D eigenvalue weighted by atomic mass is 35.5. The maximum absolute atomic E-state index is 9.97. The third kappa shape index (κ3) is 1.70. The van der Waals surface area contributed by atoms with Crippen LogP contribution in [0.1, 0.15) is 26.3 Å². The van der Waals surface area contributed by atoms with Crippen molar-refractivity contribution in [2.75, 3.05) is 6.61 Å². The summed E-state index contributed by atoms with van der Waals surface area (Å²) >= 11 is 6.17.